The van der Waals surface area contributed by atoms with Crippen molar-refractivity contribution in [3.8, 4) is 0 Å². The highest BCUT2D eigenvalue weighted by Gasteiger charge is 2.36. The predicted molar refractivity (Wildman–Crippen MR) is 121 cm³/mol. The fourth-order valence-electron chi connectivity index (χ4n) is 5.06. The summed E-state index contributed by atoms with van der Waals surface area (Å²) < 4.78 is 0. The van der Waals surface area contributed by atoms with E-state index in [2.05, 4.69) is 4.98 Å². The zero-order valence-electron chi connectivity index (χ0n) is 17.6. The number of nitrogens with zero attached hydrogens (tertiary/aromatic N) is 3. The van der Waals surface area contributed by atoms with E-state index in [-0.39, 0.29) is 23.8 Å². The van der Waals surface area contributed by atoms with Crippen molar-refractivity contribution in [2.45, 2.75) is 31.7 Å². The van der Waals surface area contributed by atoms with E-state index in [0.717, 1.165) is 54.3 Å². The molecule has 2 aliphatic heterocycles. The normalized spacial score (nSPS) is 19.7. The fraction of sp³-hybridized carbons (Fsp3) is 0.346. The standard InChI is InChI=1S/C26H27N3O2/c30-25(29-16-6-12-24(29)23-11-3-4-15-27-23)20-13-17-28(18-14-20)26(31)22-10-5-8-19-7-1-2-9-21(19)22/h1-5,7-11,15,20,24H,6,12-14,16-18H2. The predicted octanol–water partition coefficient (Wildman–Crippen LogP) is 4.45. The number of pyridine rings is 1. The van der Waals surface area contributed by atoms with Crippen LogP contribution in [-0.4, -0.2) is 46.2 Å². The highest BCUT2D eigenvalue weighted by atomic mass is 16.2. The molecule has 1 atom stereocenters. The molecule has 0 spiro atoms. The second kappa shape index (κ2) is 8.50. The van der Waals surface area contributed by atoms with Crippen molar-refractivity contribution < 1.29 is 9.59 Å². The summed E-state index contributed by atoms with van der Waals surface area (Å²) in [4.78, 5) is 34.9. The smallest absolute Gasteiger partial charge is 0.254 e. The monoisotopic (exact) mass is 413 g/mol. The molecular weight excluding hydrogens is 386 g/mol. The molecule has 0 aliphatic carbocycles. The highest BCUT2D eigenvalue weighted by molar-refractivity contribution is 6.07. The molecule has 1 aromatic heterocycles. The zero-order chi connectivity index (χ0) is 21.2. The van der Waals surface area contributed by atoms with Crippen LogP contribution in [0.3, 0.4) is 0 Å². The van der Waals surface area contributed by atoms with Crippen LogP contribution in [0.5, 0.6) is 0 Å². The number of hydrogen-bond donors (Lipinski definition) is 0. The van der Waals surface area contributed by atoms with Crippen molar-refractivity contribution in [3.63, 3.8) is 0 Å². The van der Waals surface area contributed by atoms with Crippen LogP contribution in [0, 0.1) is 5.92 Å². The number of aromatic nitrogens is 1. The fourth-order valence-corrected chi connectivity index (χ4v) is 5.06. The molecule has 5 heteroatoms. The molecule has 5 rings (SSSR count). The molecule has 0 radical (unpaired) electrons. The van der Waals surface area contributed by atoms with Gasteiger partial charge in [-0.3, -0.25) is 14.6 Å². The molecule has 0 bridgehead atoms. The van der Waals surface area contributed by atoms with E-state index >= 15 is 0 Å². The van der Waals surface area contributed by atoms with Crippen LogP contribution in [0.4, 0.5) is 0 Å². The topological polar surface area (TPSA) is 53.5 Å². The van der Waals surface area contributed by atoms with Crippen molar-refractivity contribution in [2.75, 3.05) is 19.6 Å². The molecule has 3 aromatic rings. The molecule has 2 aliphatic rings. The number of hydrogen-bond acceptors (Lipinski definition) is 3. The number of rotatable bonds is 3. The van der Waals surface area contributed by atoms with Crippen LogP contribution in [0.25, 0.3) is 10.8 Å². The molecular formula is C26H27N3O2. The Kier molecular flexibility index (Phi) is 5.41. The third-order valence-electron chi connectivity index (χ3n) is 6.72. The molecule has 3 heterocycles. The van der Waals surface area contributed by atoms with Crippen LogP contribution in [0.2, 0.25) is 0 Å². The van der Waals surface area contributed by atoms with Gasteiger partial charge in [-0.15, -0.1) is 0 Å². The summed E-state index contributed by atoms with van der Waals surface area (Å²) in [6.07, 6.45) is 5.24. The van der Waals surface area contributed by atoms with E-state index in [4.69, 9.17) is 0 Å². The van der Waals surface area contributed by atoms with Crippen molar-refractivity contribution in [3.05, 3.63) is 78.1 Å². The number of benzene rings is 2. The van der Waals surface area contributed by atoms with Gasteiger partial charge in [-0.2, -0.15) is 0 Å². The summed E-state index contributed by atoms with van der Waals surface area (Å²) in [5, 5.41) is 2.07. The Morgan fingerprint density at radius 1 is 0.839 bits per heavy atom. The van der Waals surface area contributed by atoms with Gasteiger partial charge in [-0.25, -0.2) is 0 Å². The number of piperidine rings is 1. The lowest BCUT2D eigenvalue weighted by atomic mass is 9.93. The van der Waals surface area contributed by atoms with Crippen LogP contribution in [0.1, 0.15) is 47.8 Å². The Labute approximate surface area is 182 Å². The summed E-state index contributed by atoms with van der Waals surface area (Å²) in [6.45, 7) is 2.05. The number of amides is 2. The third-order valence-corrected chi connectivity index (χ3v) is 6.72. The average molecular weight is 414 g/mol. The highest BCUT2D eigenvalue weighted by Crippen LogP contribution is 2.34. The van der Waals surface area contributed by atoms with E-state index in [9.17, 15) is 9.59 Å². The van der Waals surface area contributed by atoms with Gasteiger partial charge in [0.05, 0.1) is 11.7 Å². The van der Waals surface area contributed by atoms with Gasteiger partial charge in [0.2, 0.25) is 5.91 Å². The molecule has 1 unspecified atom stereocenters. The van der Waals surface area contributed by atoms with E-state index < -0.39 is 0 Å². The average Bonchev–Trinajstić information content (AvgIpc) is 3.33. The molecule has 2 fully saturated rings. The number of carbonyl (C=O) groups is 2. The Hall–Kier alpha value is -3.21. The number of carbonyl (C=O) groups excluding carboxylic acids is 2. The summed E-state index contributed by atoms with van der Waals surface area (Å²) in [6, 6.07) is 19.9. The molecule has 5 nitrogen and oxygen atoms in total. The van der Waals surface area contributed by atoms with Gasteiger partial charge in [0.25, 0.3) is 5.91 Å². The summed E-state index contributed by atoms with van der Waals surface area (Å²) in [5.41, 5.74) is 1.73. The lowest BCUT2D eigenvalue weighted by Crippen LogP contribution is -2.44. The van der Waals surface area contributed by atoms with Gasteiger partial charge in [0, 0.05) is 37.3 Å². The first kappa shape index (κ1) is 19.7. The summed E-state index contributed by atoms with van der Waals surface area (Å²) in [7, 11) is 0. The first-order valence-corrected chi connectivity index (χ1v) is 11.2. The lowest BCUT2D eigenvalue weighted by molar-refractivity contribution is -0.138. The Balaban J connectivity index is 1.26. The van der Waals surface area contributed by atoms with Gasteiger partial charge >= 0.3 is 0 Å². The minimum absolute atomic E-state index is 0.0131. The molecule has 2 aromatic carbocycles. The van der Waals surface area contributed by atoms with Crippen LogP contribution in [0.15, 0.2) is 66.9 Å². The number of likely N-dealkylation sites (tertiary alicyclic amines) is 2. The van der Waals surface area contributed by atoms with Gasteiger partial charge in [0.1, 0.15) is 0 Å². The van der Waals surface area contributed by atoms with Gasteiger partial charge < -0.3 is 9.80 Å². The molecule has 0 N–H and O–H groups in total. The maximum absolute atomic E-state index is 13.3. The Bertz CT molecular complexity index is 1080. The Morgan fingerprint density at radius 2 is 1.61 bits per heavy atom. The van der Waals surface area contributed by atoms with Crippen molar-refractivity contribution in [2.24, 2.45) is 5.92 Å². The second-order valence-corrected chi connectivity index (χ2v) is 8.54. The molecule has 2 amide bonds. The zero-order valence-corrected chi connectivity index (χ0v) is 17.6. The Morgan fingerprint density at radius 3 is 2.42 bits per heavy atom. The SMILES string of the molecule is O=C(c1cccc2ccccc12)N1CCC(C(=O)N2CCCC2c2ccccn2)CC1. The third kappa shape index (κ3) is 3.80. The second-order valence-electron chi connectivity index (χ2n) is 8.54. The number of fused-ring (bicyclic) bond motifs is 1. The van der Waals surface area contributed by atoms with Crippen LogP contribution < -0.4 is 0 Å². The summed E-state index contributed by atoms with van der Waals surface area (Å²) >= 11 is 0. The van der Waals surface area contributed by atoms with Gasteiger partial charge in [-0.1, -0.05) is 42.5 Å². The largest absolute Gasteiger partial charge is 0.339 e. The van der Waals surface area contributed by atoms with Gasteiger partial charge in [0.15, 0.2) is 0 Å². The molecule has 158 valence electrons. The minimum atomic E-state index is -0.0131. The van der Waals surface area contributed by atoms with Gasteiger partial charge in [-0.05, 0) is 54.7 Å². The molecule has 0 saturated carbocycles. The first-order valence-electron chi connectivity index (χ1n) is 11.2. The maximum atomic E-state index is 13.3. The summed E-state index contributed by atoms with van der Waals surface area (Å²) in [5.74, 6) is 0.279. The molecule has 31 heavy (non-hydrogen) atoms. The molecule has 2 saturated heterocycles. The van der Waals surface area contributed by atoms with Crippen LogP contribution >= 0.6 is 0 Å². The van der Waals surface area contributed by atoms with E-state index in [0.29, 0.717) is 13.1 Å². The maximum Gasteiger partial charge on any atom is 0.254 e. The lowest BCUT2D eigenvalue weighted by Gasteiger charge is -2.35. The van der Waals surface area contributed by atoms with E-state index in [1.807, 2.05) is 70.5 Å². The minimum Gasteiger partial charge on any atom is -0.339 e. The van der Waals surface area contributed by atoms with E-state index in [1.165, 1.54) is 0 Å². The van der Waals surface area contributed by atoms with Crippen LogP contribution in [-0.2, 0) is 4.79 Å². The van der Waals surface area contributed by atoms with Crippen molar-refractivity contribution in [1.29, 1.82) is 0 Å². The first-order chi connectivity index (χ1) is 15.2. The van der Waals surface area contributed by atoms with Crippen molar-refractivity contribution in [1.82, 2.24) is 14.8 Å². The quantitative estimate of drug-likeness (QED) is 0.637. The van der Waals surface area contributed by atoms with Crippen molar-refractivity contribution >= 4 is 22.6 Å². The van der Waals surface area contributed by atoms with E-state index in [1.54, 1.807) is 6.20 Å².